The van der Waals surface area contributed by atoms with Crippen molar-refractivity contribution in [2.45, 2.75) is 28.0 Å². The molecular weight excluding hydrogens is 470 g/mol. The first kappa shape index (κ1) is 21.4. The first-order chi connectivity index (χ1) is 15.3. The van der Waals surface area contributed by atoms with Crippen molar-refractivity contribution in [2.24, 2.45) is 5.92 Å². The van der Waals surface area contributed by atoms with E-state index in [0.717, 1.165) is 23.5 Å². The summed E-state index contributed by atoms with van der Waals surface area (Å²) in [4.78, 5) is 13.4. The summed E-state index contributed by atoms with van der Waals surface area (Å²) in [5.41, 5.74) is 0.325. The number of hydrogen-bond acceptors (Lipinski definition) is 6. The fourth-order valence-electron chi connectivity index (χ4n) is 4.53. The monoisotopic (exact) mass is 491 g/mol. The third-order valence-corrected chi connectivity index (χ3v) is 10.6. The molecule has 0 aliphatic carbocycles. The van der Waals surface area contributed by atoms with Crippen LogP contribution in [0.1, 0.15) is 18.0 Å². The van der Waals surface area contributed by atoms with Crippen molar-refractivity contribution >= 4 is 37.1 Å². The molecular formula is C21H21N3O5S3. The summed E-state index contributed by atoms with van der Waals surface area (Å²) in [5.74, 6) is -0.154. The number of nitrogens with zero attached hydrogens (tertiary/aromatic N) is 2. The smallest absolute Gasteiger partial charge is 0.275 e. The number of anilines is 1. The van der Waals surface area contributed by atoms with Crippen LogP contribution in [0.5, 0.6) is 0 Å². The molecule has 5 rings (SSSR count). The summed E-state index contributed by atoms with van der Waals surface area (Å²) < 4.78 is 56.9. The molecule has 168 valence electrons. The topological polar surface area (TPSA) is 106 Å². The fraction of sp³-hybridized carbons (Fsp3) is 0.286. The second-order valence-corrected chi connectivity index (χ2v) is 12.9. The van der Waals surface area contributed by atoms with E-state index in [1.807, 2.05) is 0 Å². The molecule has 8 nitrogen and oxygen atoms in total. The summed E-state index contributed by atoms with van der Waals surface area (Å²) in [7, 11) is -7.45. The summed E-state index contributed by atoms with van der Waals surface area (Å²) >= 11 is 1.08. The molecule has 11 heteroatoms. The average Bonchev–Trinajstić information content (AvgIpc) is 3.33. The Hall–Kier alpha value is -2.47. The van der Waals surface area contributed by atoms with Crippen molar-refractivity contribution < 1.29 is 16.8 Å². The van der Waals surface area contributed by atoms with E-state index in [0.29, 0.717) is 13.1 Å². The summed E-state index contributed by atoms with van der Waals surface area (Å²) in [6.07, 6.45) is 0.792. The molecule has 1 saturated heterocycles. The molecule has 2 aromatic heterocycles. The van der Waals surface area contributed by atoms with Crippen molar-refractivity contribution in [1.29, 1.82) is 0 Å². The predicted molar refractivity (Wildman–Crippen MR) is 122 cm³/mol. The Balaban J connectivity index is 1.45. The zero-order chi connectivity index (χ0) is 22.5. The van der Waals surface area contributed by atoms with Crippen molar-refractivity contribution in [3.8, 4) is 0 Å². The van der Waals surface area contributed by atoms with Crippen LogP contribution in [-0.4, -0.2) is 38.8 Å². The maximum atomic E-state index is 13.1. The Kier molecular flexibility index (Phi) is 5.24. The highest BCUT2D eigenvalue weighted by Crippen LogP contribution is 2.37. The van der Waals surface area contributed by atoms with Gasteiger partial charge in [-0.15, -0.1) is 11.3 Å². The van der Waals surface area contributed by atoms with E-state index in [9.17, 15) is 21.6 Å². The van der Waals surface area contributed by atoms with Crippen LogP contribution in [0.4, 0.5) is 5.69 Å². The summed E-state index contributed by atoms with van der Waals surface area (Å²) in [6.45, 7) is 0.957. The lowest BCUT2D eigenvalue weighted by Crippen LogP contribution is -2.49. The number of piperidine rings is 1. The molecule has 2 bridgehead atoms. The number of thiophene rings is 1. The van der Waals surface area contributed by atoms with Gasteiger partial charge in [-0.3, -0.25) is 9.52 Å². The van der Waals surface area contributed by atoms with Crippen LogP contribution in [0, 0.1) is 5.92 Å². The molecule has 0 amide bonds. The number of hydrogen-bond donors (Lipinski definition) is 1. The van der Waals surface area contributed by atoms with Gasteiger partial charge in [-0.25, -0.2) is 16.8 Å². The Morgan fingerprint density at radius 3 is 2.41 bits per heavy atom. The molecule has 4 heterocycles. The maximum absolute atomic E-state index is 13.1. The number of rotatable bonds is 5. The molecule has 0 saturated carbocycles. The minimum Gasteiger partial charge on any atom is -0.310 e. The highest BCUT2D eigenvalue weighted by Gasteiger charge is 2.39. The molecule has 2 aliphatic rings. The average molecular weight is 492 g/mol. The highest BCUT2D eigenvalue weighted by atomic mass is 32.2. The van der Waals surface area contributed by atoms with Crippen LogP contribution in [0.2, 0.25) is 0 Å². The quantitative estimate of drug-likeness (QED) is 0.590. The molecule has 2 aliphatic heterocycles. The van der Waals surface area contributed by atoms with Crippen molar-refractivity contribution in [2.75, 3.05) is 17.8 Å². The number of aromatic nitrogens is 1. The third-order valence-electron chi connectivity index (χ3n) is 5.96. The number of benzene rings is 1. The van der Waals surface area contributed by atoms with Gasteiger partial charge in [0.05, 0.1) is 4.90 Å². The largest absolute Gasteiger partial charge is 0.310 e. The number of pyridine rings is 1. The van der Waals surface area contributed by atoms with E-state index < -0.39 is 25.6 Å². The van der Waals surface area contributed by atoms with Crippen LogP contribution in [0.25, 0.3) is 0 Å². The lowest BCUT2D eigenvalue weighted by Gasteiger charge is -2.42. The molecule has 0 radical (unpaired) electrons. The van der Waals surface area contributed by atoms with Gasteiger partial charge in [-0.1, -0.05) is 24.3 Å². The summed E-state index contributed by atoms with van der Waals surface area (Å²) in [5, 5.41) is 1.66. The van der Waals surface area contributed by atoms with E-state index in [4.69, 9.17) is 0 Å². The Labute approximate surface area is 190 Å². The van der Waals surface area contributed by atoms with E-state index >= 15 is 0 Å². The lowest BCUT2D eigenvalue weighted by atomic mass is 9.84. The van der Waals surface area contributed by atoms with E-state index in [1.54, 1.807) is 52.4 Å². The second-order valence-electron chi connectivity index (χ2n) is 8.06. The van der Waals surface area contributed by atoms with Crippen LogP contribution < -0.4 is 10.3 Å². The van der Waals surface area contributed by atoms with Gasteiger partial charge in [-0.05, 0) is 48.1 Å². The van der Waals surface area contributed by atoms with Crippen LogP contribution in [0.15, 0.2) is 73.9 Å². The summed E-state index contributed by atoms with van der Waals surface area (Å²) in [6, 6.07) is 14.7. The lowest BCUT2D eigenvalue weighted by molar-refractivity contribution is 0.186. The van der Waals surface area contributed by atoms with Gasteiger partial charge in [0, 0.05) is 31.2 Å². The fourth-order valence-corrected chi connectivity index (χ4v) is 8.16. The Morgan fingerprint density at radius 2 is 1.69 bits per heavy atom. The third kappa shape index (κ3) is 3.68. The first-order valence-electron chi connectivity index (χ1n) is 10.1. The SMILES string of the molecule is O=c1c(NS(=O)(=O)c2cccs2)ccc2n1C[C@@H]1C[C@@H]2CN(S(=O)(=O)c2ccccc2)C1. The molecule has 1 aromatic carbocycles. The maximum Gasteiger partial charge on any atom is 0.275 e. The molecule has 3 aromatic rings. The van der Waals surface area contributed by atoms with E-state index in [-0.39, 0.29) is 33.2 Å². The molecule has 0 unspecified atom stereocenters. The van der Waals surface area contributed by atoms with Gasteiger partial charge in [0.1, 0.15) is 9.90 Å². The minimum absolute atomic E-state index is 0.00381. The number of fused-ring (bicyclic) bond motifs is 4. The van der Waals surface area contributed by atoms with Crippen LogP contribution in [0.3, 0.4) is 0 Å². The van der Waals surface area contributed by atoms with Gasteiger partial charge >= 0.3 is 0 Å². The highest BCUT2D eigenvalue weighted by molar-refractivity contribution is 7.94. The molecule has 2 atom stereocenters. The Bertz CT molecular complexity index is 1420. The van der Waals surface area contributed by atoms with Gasteiger partial charge in [-0.2, -0.15) is 4.31 Å². The second kappa shape index (κ2) is 7.84. The van der Waals surface area contributed by atoms with Crippen molar-refractivity contribution in [3.05, 3.63) is 76.0 Å². The van der Waals surface area contributed by atoms with E-state index in [2.05, 4.69) is 4.72 Å². The van der Waals surface area contributed by atoms with Crippen molar-refractivity contribution in [3.63, 3.8) is 0 Å². The molecule has 1 N–H and O–H groups in total. The standard InChI is InChI=1S/C21H21N3O5S3/c25-21-18(22-31(26,27)20-7-4-10-30-20)8-9-19-16-11-15(13-24(19)21)12-23(14-16)32(28,29)17-5-2-1-3-6-17/h1-10,15-16,22H,11-14H2/t15-,16-/m1/s1. The van der Waals surface area contributed by atoms with E-state index in [1.165, 1.54) is 16.4 Å². The van der Waals surface area contributed by atoms with Gasteiger partial charge in [0.25, 0.3) is 15.6 Å². The molecule has 0 spiro atoms. The van der Waals surface area contributed by atoms with Crippen LogP contribution in [-0.2, 0) is 26.6 Å². The molecule has 1 fully saturated rings. The Morgan fingerprint density at radius 1 is 0.906 bits per heavy atom. The number of sulfonamides is 2. The molecule has 32 heavy (non-hydrogen) atoms. The van der Waals surface area contributed by atoms with Gasteiger partial charge < -0.3 is 4.57 Å². The zero-order valence-corrected chi connectivity index (χ0v) is 19.4. The zero-order valence-electron chi connectivity index (χ0n) is 16.9. The van der Waals surface area contributed by atoms with Crippen molar-refractivity contribution in [1.82, 2.24) is 8.87 Å². The predicted octanol–water partition coefficient (Wildman–Crippen LogP) is 2.52. The van der Waals surface area contributed by atoms with Crippen LogP contribution >= 0.6 is 11.3 Å². The minimum atomic E-state index is -3.83. The van der Waals surface area contributed by atoms with Gasteiger partial charge in [0.15, 0.2) is 0 Å². The number of nitrogens with one attached hydrogen (secondary N) is 1. The normalized spacial score (nSPS) is 21.1. The first-order valence-corrected chi connectivity index (χ1v) is 13.9. The van der Waals surface area contributed by atoms with Gasteiger partial charge in [0.2, 0.25) is 10.0 Å².